The predicted molar refractivity (Wildman–Crippen MR) is 275 cm³/mol. The first kappa shape index (κ1) is 39.7. The van der Waals surface area contributed by atoms with Gasteiger partial charge in [0.25, 0.3) is 0 Å². The van der Waals surface area contributed by atoms with Gasteiger partial charge in [0, 0.05) is 33.2 Å². The van der Waals surface area contributed by atoms with E-state index in [1.54, 1.807) is 0 Å². The van der Waals surface area contributed by atoms with Crippen LogP contribution in [0.1, 0.15) is 43.4 Å². The lowest BCUT2D eigenvalue weighted by molar-refractivity contribution is 0.627. The van der Waals surface area contributed by atoms with Crippen LogP contribution in [0, 0.1) is 5.92 Å². The van der Waals surface area contributed by atoms with Gasteiger partial charge in [-0.05, 0) is 114 Å². The predicted octanol–water partition coefficient (Wildman–Crippen LogP) is 17.4. The third-order valence-corrected chi connectivity index (χ3v) is 14.2. The first-order valence-corrected chi connectivity index (χ1v) is 22.9. The van der Waals surface area contributed by atoms with E-state index in [1.165, 1.54) is 72.0 Å². The summed E-state index contributed by atoms with van der Waals surface area (Å²) in [4.78, 5) is 3.43. The highest BCUT2D eigenvalue weighted by molar-refractivity contribution is 7.80. The monoisotopic (exact) mass is 839 g/mol. The van der Waals surface area contributed by atoms with Gasteiger partial charge in [0.05, 0.1) is 5.69 Å². The molecule has 0 N–H and O–H groups in total. The van der Waals surface area contributed by atoms with Gasteiger partial charge in [-0.15, -0.1) is 12.6 Å². The number of fused-ring (bicyclic) bond motifs is 4. The van der Waals surface area contributed by atoms with Crippen molar-refractivity contribution in [3.05, 3.63) is 241 Å². The second kappa shape index (κ2) is 16.2. The molecule has 2 aliphatic carbocycles. The maximum Gasteiger partial charge on any atom is 0.0540 e. The molecule has 2 unspecified atom stereocenters. The Labute approximate surface area is 383 Å². The van der Waals surface area contributed by atoms with Crippen molar-refractivity contribution in [3.63, 3.8) is 0 Å². The van der Waals surface area contributed by atoms with E-state index in [-0.39, 0.29) is 11.3 Å². The summed E-state index contributed by atoms with van der Waals surface area (Å²) in [6.07, 6.45) is 8.91. The van der Waals surface area contributed by atoms with Crippen LogP contribution in [0.5, 0.6) is 0 Å². The first-order chi connectivity index (χ1) is 31.3. The molecule has 0 radical (unpaired) electrons. The molecule has 0 aliphatic heterocycles. The summed E-state index contributed by atoms with van der Waals surface area (Å²) in [6.45, 7) is 7.02. The number of benzene rings is 9. The quantitative estimate of drug-likeness (QED) is 0.149. The largest absolute Gasteiger partial charge is 0.310 e. The van der Waals surface area contributed by atoms with Crippen LogP contribution in [0.4, 0.5) is 17.1 Å². The summed E-state index contributed by atoms with van der Waals surface area (Å²) >= 11 is 5.31. The Morgan fingerprint density at radius 1 is 0.438 bits per heavy atom. The molecule has 0 amide bonds. The van der Waals surface area contributed by atoms with Gasteiger partial charge in [-0.1, -0.05) is 215 Å². The Morgan fingerprint density at radius 2 is 0.953 bits per heavy atom. The van der Waals surface area contributed by atoms with Crippen molar-refractivity contribution < 1.29 is 0 Å². The van der Waals surface area contributed by atoms with Crippen molar-refractivity contribution in [3.8, 4) is 55.6 Å². The van der Waals surface area contributed by atoms with Gasteiger partial charge >= 0.3 is 0 Å². The zero-order chi connectivity index (χ0) is 43.4. The molecule has 0 fully saturated rings. The van der Waals surface area contributed by atoms with Gasteiger partial charge in [-0.3, -0.25) is 0 Å². The molecule has 308 valence electrons. The molecular formula is C62H49NS. The van der Waals surface area contributed by atoms with Crippen LogP contribution in [0.3, 0.4) is 0 Å². The van der Waals surface area contributed by atoms with E-state index in [9.17, 15) is 0 Å². The Bertz CT molecular complexity index is 3260. The van der Waals surface area contributed by atoms with Crippen LogP contribution in [-0.4, -0.2) is 0 Å². The minimum Gasteiger partial charge on any atom is -0.310 e. The Kier molecular flexibility index (Phi) is 10.1. The average molecular weight is 840 g/mol. The van der Waals surface area contributed by atoms with Crippen molar-refractivity contribution in [2.45, 2.75) is 37.0 Å². The standard InChI is InChI=1S/C62H49NS/c1-41-15-4-6-18-49(41)56-25-14-26-57(61(56)64)54-21-9-11-28-59(54)63(48-39-35-46(36-40-48)52-23-13-24-55-53-20-8-10-27-58(53)62(2,3)60(52)55)47-37-33-43(34-38-47)42-29-31-45(32-30-42)51-22-12-17-44-16-5-7-19-50(44)51/h4-41,49,64H,1-3H3. The molecule has 2 aliphatic rings. The van der Waals surface area contributed by atoms with Crippen LogP contribution in [0.2, 0.25) is 0 Å². The number of hydrogen-bond acceptors (Lipinski definition) is 2. The molecule has 0 saturated heterocycles. The molecule has 0 aromatic heterocycles. The Balaban J connectivity index is 0.999. The molecule has 0 bridgehead atoms. The van der Waals surface area contributed by atoms with Crippen molar-refractivity contribution in [1.29, 1.82) is 0 Å². The second-order valence-corrected chi connectivity index (χ2v) is 18.3. The lowest BCUT2D eigenvalue weighted by Crippen LogP contribution is -2.16. The van der Waals surface area contributed by atoms with E-state index in [1.807, 2.05) is 0 Å². The van der Waals surface area contributed by atoms with E-state index >= 15 is 0 Å². The fourth-order valence-electron chi connectivity index (χ4n) is 10.5. The SMILES string of the molecule is CC1C=CC=CC1c1cccc(-c2ccccc2N(c2ccc(-c3ccc(-c4cccc5ccccc45)cc3)cc2)c2ccc(-c3cccc4c3C(C)(C)c3ccccc3-4)cc2)c1S. The second-order valence-electron chi connectivity index (χ2n) is 17.8. The van der Waals surface area contributed by atoms with Gasteiger partial charge in [0.1, 0.15) is 0 Å². The number of rotatable bonds is 8. The zero-order valence-electron chi connectivity index (χ0n) is 36.4. The number of anilines is 3. The highest BCUT2D eigenvalue weighted by Crippen LogP contribution is 2.52. The molecule has 11 rings (SSSR count). The minimum atomic E-state index is -0.106. The van der Waals surface area contributed by atoms with E-state index in [0.717, 1.165) is 33.1 Å². The fourth-order valence-corrected chi connectivity index (χ4v) is 10.9. The van der Waals surface area contributed by atoms with Gasteiger partial charge in [-0.25, -0.2) is 0 Å². The topological polar surface area (TPSA) is 3.24 Å². The molecule has 0 spiro atoms. The lowest BCUT2D eigenvalue weighted by Gasteiger charge is -2.29. The highest BCUT2D eigenvalue weighted by Gasteiger charge is 2.37. The highest BCUT2D eigenvalue weighted by atomic mass is 32.1. The fraction of sp³-hybridized carbons (Fsp3) is 0.0968. The molecule has 2 heteroatoms. The average Bonchev–Trinajstić information content (AvgIpc) is 3.58. The summed E-state index contributed by atoms with van der Waals surface area (Å²) in [7, 11) is 0. The van der Waals surface area contributed by atoms with Crippen molar-refractivity contribution in [2.24, 2.45) is 5.92 Å². The molecule has 9 aromatic carbocycles. The number of thiol groups is 1. The van der Waals surface area contributed by atoms with E-state index in [4.69, 9.17) is 12.6 Å². The molecule has 0 heterocycles. The van der Waals surface area contributed by atoms with Gasteiger partial charge in [-0.2, -0.15) is 0 Å². The van der Waals surface area contributed by atoms with Crippen LogP contribution in [0.25, 0.3) is 66.4 Å². The van der Waals surface area contributed by atoms with Crippen molar-refractivity contribution >= 4 is 40.5 Å². The summed E-state index contributed by atoms with van der Waals surface area (Å²) in [5.74, 6) is 0.647. The summed E-state index contributed by atoms with van der Waals surface area (Å²) in [5, 5.41) is 2.53. The van der Waals surface area contributed by atoms with E-state index < -0.39 is 0 Å². The van der Waals surface area contributed by atoms with E-state index in [0.29, 0.717) is 5.92 Å². The first-order valence-electron chi connectivity index (χ1n) is 22.4. The summed E-state index contributed by atoms with van der Waals surface area (Å²) < 4.78 is 0. The molecule has 1 nitrogen and oxygen atoms in total. The third-order valence-electron chi connectivity index (χ3n) is 13.7. The number of nitrogens with zero attached hydrogens (tertiary/aromatic N) is 1. The normalized spacial score (nSPS) is 15.8. The van der Waals surface area contributed by atoms with Gasteiger partial charge in [0.2, 0.25) is 0 Å². The maximum absolute atomic E-state index is 5.31. The van der Waals surface area contributed by atoms with Gasteiger partial charge < -0.3 is 4.90 Å². The molecule has 9 aromatic rings. The van der Waals surface area contributed by atoms with Crippen LogP contribution < -0.4 is 4.90 Å². The zero-order valence-corrected chi connectivity index (χ0v) is 37.3. The number of allylic oxidation sites excluding steroid dienone is 4. The Morgan fingerprint density at radius 3 is 1.72 bits per heavy atom. The summed E-state index contributed by atoms with van der Waals surface area (Å²) in [6, 6.07) is 73.5. The maximum atomic E-state index is 5.31. The smallest absolute Gasteiger partial charge is 0.0540 e. The molecule has 64 heavy (non-hydrogen) atoms. The Hall–Kier alpha value is -7.13. The number of para-hydroxylation sites is 1. The molecular weight excluding hydrogens is 791 g/mol. The van der Waals surface area contributed by atoms with Crippen molar-refractivity contribution in [2.75, 3.05) is 4.90 Å². The summed E-state index contributed by atoms with van der Waals surface area (Å²) in [5.41, 5.74) is 19.4. The third kappa shape index (κ3) is 6.81. The lowest BCUT2D eigenvalue weighted by atomic mass is 9.79. The van der Waals surface area contributed by atoms with Crippen LogP contribution in [0.15, 0.2) is 229 Å². The van der Waals surface area contributed by atoms with E-state index in [2.05, 4.69) is 250 Å². The van der Waals surface area contributed by atoms with Crippen LogP contribution >= 0.6 is 12.6 Å². The minimum absolute atomic E-state index is 0.106. The van der Waals surface area contributed by atoms with Crippen LogP contribution in [-0.2, 0) is 5.41 Å². The van der Waals surface area contributed by atoms with Gasteiger partial charge in [0.15, 0.2) is 0 Å². The number of hydrogen-bond donors (Lipinski definition) is 1. The molecule has 0 saturated carbocycles. The molecule has 2 atom stereocenters. The van der Waals surface area contributed by atoms with Crippen molar-refractivity contribution in [1.82, 2.24) is 0 Å².